The summed E-state index contributed by atoms with van der Waals surface area (Å²) in [7, 11) is 0. The first-order chi connectivity index (χ1) is 11.8. The van der Waals surface area contributed by atoms with E-state index in [1.54, 1.807) is 0 Å². The Kier molecular flexibility index (Phi) is 9.85. The summed E-state index contributed by atoms with van der Waals surface area (Å²) in [5, 5.41) is 0. The van der Waals surface area contributed by atoms with Gasteiger partial charge in [0.2, 0.25) is 0 Å². The van der Waals surface area contributed by atoms with Crippen LogP contribution < -0.4 is 0 Å². The molecule has 2 aliphatic rings. The minimum Gasteiger partial charge on any atom is -0.0917 e. The van der Waals surface area contributed by atoms with Crippen LogP contribution in [0.4, 0.5) is 0 Å². The minimum atomic E-state index is 0.892. The van der Waals surface area contributed by atoms with Crippen molar-refractivity contribution in [3.05, 3.63) is 24.3 Å². The molecule has 24 heavy (non-hydrogen) atoms. The highest BCUT2D eigenvalue weighted by Gasteiger charge is 2.20. The second-order valence-electron chi connectivity index (χ2n) is 8.61. The summed E-state index contributed by atoms with van der Waals surface area (Å²) < 4.78 is 0. The van der Waals surface area contributed by atoms with Crippen LogP contribution in [0, 0.1) is 23.7 Å². The van der Waals surface area contributed by atoms with E-state index in [-0.39, 0.29) is 0 Å². The average molecular weight is 331 g/mol. The van der Waals surface area contributed by atoms with E-state index in [1.165, 1.54) is 89.9 Å². The third kappa shape index (κ3) is 7.58. The molecule has 0 radical (unpaired) electrons. The van der Waals surface area contributed by atoms with Crippen LogP contribution in [0.3, 0.4) is 0 Å². The van der Waals surface area contributed by atoms with Gasteiger partial charge in [0.05, 0.1) is 0 Å². The predicted molar refractivity (Wildman–Crippen MR) is 108 cm³/mol. The Hall–Kier alpha value is -0.520. The summed E-state index contributed by atoms with van der Waals surface area (Å²) in [6.07, 6.45) is 29.9. The van der Waals surface area contributed by atoms with Crippen LogP contribution in [0.5, 0.6) is 0 Å². The van der Waals surface area contributed by atoms with Crippen LogP contribution in [0.2, 0.25) is 0 Å². The maximum Gasteiger partial charge on any atom is -0.0233 e. The molecule has 0 heteroatoms. The van der Waals surface area contributed by atoms with Crippen molar-refractivity contribution in [2.75, 3.05) is 0 Å². The highest BCUT2D eigenvalue weighted by molar-refractivity contribution is 4.92. The van der Waals surface area contributed by atoms with E-state index < -0.39 is 0 Å². The predicted octanol–water partition coefficient (Wildman–Crippen LogP) is 8.09. The van der Waals surface area contributed by atoms with Crippen molar-refractivity contribution in [3.8, 4) is 0 Å². The molecular formula is C24H42. The van der Waals surface area contributed by atoms with Crippen molar-refractivity contribution >= 4 is 0 Å². The molecule has 0 nitrogen and oxygen atoms in total. The van der Waals surface area contributed by atoms with Gasteiger partial charge in [-0.25, -0.2) is 0 Å². The Bertz CT molecular complexity index is 348. The van der Waals surface area contributed by atoms with E-state index in [2.05, 4.69) is 38.2 Å². The van der Waals surface area contributed by atoms with E-state index in [4.69, 9.17) is 0 Å². The van der Waals surface area contributed by atoms with Crippen molar-refractivity contribution in [3.63, 3.8) is 0 Å². The van der Waals surface area contributed by atoms with Gasteiger partial charge in [0, 0.05) is 0 Å². The zero-order valence-electron chi connectivity index (χ0n) is 16.5. The van der Waals surface area contributed by atoms with Gasteiger partial charge in [-0.1, -0.05) is 69.8 Å². The Balaban J connectivity index is 1.52. The third-order valence-corrected chi connectivity index (χ3v) is 6.68. The van der Waals surface area contributed by atoms with Crippen molar-refractivity contribution in [2.45, 2.75) is 104 Å². The average Bonchev–Trinajstić information content (AvgIpc) is 2.62. The lowest BCUT2D eigenvalue weighted by molar-refractivity contribution is 0.253. The summed E-state index contributed by atoms with van der Waals surface area (Å²) in [6, 6.07) is 0. The monoisotopic (exact) mass is 330 g/mol. The smallest absolute Gasteiger partial charge is 0.0233 e. The Morgan fingerprint density at radius 1 is 0.667 bits per heavy atom. The molecule has 0 unspecified atom stereocenters. The topological polar surface area (TPSA) is 0 Å². The summed E-state index contributed by atoms with van der Waals surface area (Å²) in [4.78, 5) is 0. The molecule has 0 aromatic heterocycles. The van der Waals surface area contributed by atoms with Crippen LogP contribution in [0.15, 0.2) is 24.3 Å². The van der Waals surface area contributed by atoms with Crippen molar-refractivity contribution in [2.24, 2.45) is 23.7 Å². The lowest BCUT2D eigenvalue weighted by Crippen LogP contribution is -2.14. The third-order valence-electron chi connectivity index (χ3n) is 6.68. The fourth-order valence-corrected chi connectivity index (χ4v) is 5.01. The fourth-order valence-electron chi connectivity index (χ4n) is 5.01. The first-order valence-electron chi connectivity index (χ1n) is 11.1. The van der Waals surface area contributed by atoms with Gasteiger partial charge in [-0.15, -0.1) is 0 Å². The van der Waals surface area contributed by atoms with Crippen LogP contribution in [0.25, 0.3) is 0 Å². The van der Waals surface area contributed by atoms with Gasteiger partial charge in [0.15, 0.2) is 0 Å². The largest absolute Gasteiger partial charge is 0.0917 e. The fraction of sp³-hybridized carbons (Fsp3) is 0.833. The van der Waals surface area contributed by atoms with Gasteiger partial charge in [-0.05, 0) is 82.0 Å². The normalized spacial score (nSPS) is 31.9. The molecule has 2 saturated carbocycles. The maximum absolute atomic E-state index is 2.57. The van der Waals surface area contributed by atoms with E-state index in [0.29, 0.717) is 0 Å². The molecule has 0 aromatic carbocycles. The quantitative estimate of drug-likeness (QED) is 0.375. The molecule has 0 saturated heterocycles. The zero-order valence-corrected chi connectivity index (χ0v) is 16.5. The molecule has 0 aliphatic heterocycles. The van der Waals surface area contributed by atoms with Crippen LogP contribution >= 0.6 is 0 Å². The van der Waals surface area contributed by atoms with Crippen molar-refractivity contribution < 1.29 is 0 Å². The van der Waals surface area contributed by atoms with E-state index in [9.17, 15) is 0 Å². The second kappa shape index (κ2) is 11.9. The molecular weight excluding hydrogens is 288 g/mol. The number of rotatable bonds is 9. The second-order valence-corrected chi connectivity index (χ2v) is 8.61. The SMILES string of the molecule is CC=CCCC1CCC(C=CCCC2CCC(CCC)CC2)CC1. The van der Waals surface area contributed by atoms with Gasteiger partial charge >= 0.3 is 0 Å². The van der Waals surface area contributed by atoms with Gasteiger partial charge in [0.25, 0.3) is 0 Å². The minimum absolute atomic E-state index is 0.892. The highest BCUT2D eigenvalue weighted by atomic mass is 14.3. The van der Waals surface area contributed by atoms with E-state index in [1.807, 2.05) is 0 Å². The first kappa shape index (κ1) is 19.8. The standard InChI is InChI=1S/C24H42/c1-3-5-6-10-22-17-19-24(20-18-22)12-8-7-11-23-15-13-21(9-4-2)14-16-23/h3,5,8,12,21-24H,4,6-7,9-11,13-20H2,1-2H3. The zero-order chi connectivity index (χ0) is 17.0. The highest BCUT2D eigenvalue weighted by Crippen LogP contribution is 2.35. The molecule has 0 aromatic rings. The van der Waals surface area contributed by atoms with Gasteiger partial charge < -0.3 is 0 Å². The molecule has 0 atom stereocenters. The Morgan fingerprint density at radius 2 is 1.17 bits per heavy atom. The lowest BCUT2D eigenvalue weighted by Gasteiger charge is -2.28. The van der Waals surface area contributed by atoms with E-state index in [0.717, 1.165) is 23.7 Å². The number of hydrogen-bond donors (Lipinski definition) is 0. The molecule has 2 rings (SSSR count). The first-order valence-corrected chi connectivity index (χ1v) is 11.1. The Labute approximate surface area is 152 Å². The van der Waals surface area contributed by atoms with Crippen LogP contribution in [-0.4, -0.2) is 0 Å². The van der Waals surface area contributed by atoms with Crippen molar-refractivity contribution in [1.29, 1.82) is 0 Å². The Morgan fingerprint density at radius 3 is 1.71 bits per heavy atom. The molecule has 2 fully saturated rings. The van der Waals surface area contributed by atoms with Crippen molar-refractivity contribution in [1.82, 2.24) is 0 Å². The summed E-state index contributed by atoms with van der Waals surface area (Å²) in [6.45, 7) is 4.48. The van der Waals surface area contributed by atoms with Crippen LogP contribution in [0.1, 0.15) is 104 Å². The molecule has 0 amide bonds. The molecule has 0 spiro atoms. The maximum atomic E-state index is 2.57. The molecule has 0 N–H and O–H groups in total. The summed E-state index contributed by atoms with van der Waals surface area (Å²) >= 11 is 0. The molecule has 0 bridgehead atoms. The van der Waals surface area contributed by atoms with Gasteiger partial charge in [-0.2, -0.15) is 0 Å². The molecule has 138 valence electrons. The van der Waals surface area contributed by atoms with Crippen LogP contribution in [-0.2, 0) is 0 Å². The van der Waals surface area contributed by atoms with Gasteiger partial charge in [0.1, 0.15) is 0 Å². The lowest BCUT2D eigenvalue weighted by atomic mass is 9.78. The number of allylic oxidation sites excluding steroid dienone is 4. The van der Waals surface area contributed by atoms with Gasteiger partial charge in [-0.3, -0.25) is 0 Å². The number of hydrogen-bond acceptors (Lipinski definition) is 0. The summed E-state index contributed by atoms with van der Waals surface area (Å²) in [5.41, 5.74) is 0. The molecule has 2 aliphatic carbocycles. The van der Waals surface area contributed by atoms with E-state index >= 15 is 0 Å². The molecule has 0 heterocycles. The summed E-state index contributed by atoms with van der Waals surface area (Å²) in [5.74, 6) is 3.99.